The fourth-order valence-electron chi connectivity index (χ4n) is 4.35. The zero-order valence-electron chi connectivity index (χ0n) is 17.6. The zero-order valence-corrected chi connectivity index (χ0v) is 18.5. The third-order valence-corrected chi connectivity index (χ3v) is 7.46. The molecule has 6 nitrogen and oxygen atoms in total. The summed E-state index contributed by atoms with van der Waals surface area (Å²) in [6.45, 7) is 0.337. The van der Waals surface area contributed by atoms with Gasteiger partial charge in [0.15, 0.2) is 0 Å². The van der Waals surface area contributed by atoms with E-state index in [0.29, 0.717) is 31.4 Å². The molecule has 2 atom stereocenters. The molecule has 2 amide bonds. The lowest BCUT2D eigenvalue weighted by Crippen LogP contribution is -2.53. The number of thioether (sulfide) groups is 1. The monoisotopic (exact) mass is 464 g/mol. The quantitative estimate of drug-likeness (QED) is 0.689. The summed E-state index contributed by atoms with van der Waals surface area (Å²) in [5.41, 5.74) is 7.25. The van der Waals surface area contributed by atoms with Crippen molar-refractivity contribution >= 4 is 22.8 Å². The summed E-state index contributed by atoms with van der Waals surface area (Å²) < 4.78 is 43.0. The van der Waals surface area contributed by atoms with Crippen molar-refractivity contribution in [3.63, 3.8) is 0 Å². The number of nitrogens with zero attached hydrogens (tertiary/aromatic N) is 3. The maximum Gasteiger partial charge on any atom is 0.365 e. The van der Waals surface area contributed by atoms with Crippen LogP contribution in [0.2, 0.25) is 0 Å². The lowest BCUT2D eigenvalue weighted by Gasteiger charge is -2.46. The SMILES string of the molecule is CON(C)C(=O)N1N=C(c2cc(F)ccc2F)S[C@]12c1cc(F)ccc1CC[C@@H]2CCN. The second kappa shape index (κ2) is 8.76. The standard InChI is InChI=1S/C22H23F3N4O2S/c1-28(31-2)21(30)29-22(32-20(27-29)17-11-15(23)7-8-19(17)25)14(9-10-26)5-3-13-4-6-16(24)12-18(13)22/h4,6-8,11-12,14H,3,5,9-10,26H2,1-2H3/t14-,22-/m1/s1. The fourth-order valence-corrected chi connectivity index (χ4v) is 5.95. The number of hydrazone groups is 1. The van der Waals surface area contributed by atoms with E-state index in [2.05, 4.69) is 5.10 Å². The van der Waals surface area contributed by atoms with E-state index in [4.69, 9.17) is 10.6 Å². The van der Waals surface area contributed by atoms with Gasteiger partial charge in [0.2, 0.25) is 0 Å². The number of nitrogens with two attached hydrogens (primary N) is 1. The molecule has 1 aliphatic carbocycles. The van der Waals surface area contributed by atoms with Crippen molar-refractivity contribution in [3.05, 3.63) is 70.5 Å². The number of carbonyl (C=O) groups is 1. The van der Waals surface area contributed by atoms with Crippen LogP contribution in [0, 0.1) is 23.4 Å². The van der Waals surface area contributed by atoms with Crippen molar-refractivity contribution in [2.75, 3.05) is 20.7 Å². The third-order valence-electron chi connectivity index (χ3n) is 5.93. The van der Waals surface area contributed by atoms with Gasteiger partial charge in [-0.3, -0.25) is 4.84 Å². The van der Waals surface area contributed by atoms with Crippen LogP contribution in [0.25, 0.3) is 0 Å². The Balaban J connectivity index is 1.94. The first kappa shape index (κ1) is 22.6. The van der Waals surface area contributed by atoms with Gasteiger partial charge in [-0.15, -0.1) is 0 Å². The van der Waals surface area contributed by atoms with Crippen molar-refractivity contribution in [1.82, 2.24) is 10.1 Å². The van der Waals surface area contributed by atoms with Gasteiger partial charge in [0.1, 0.15) is 27.4 Å². The minimum absolute atomic E-state index is 0.0697. The molecule has 1 aliphatic heterocycles. The Morgan fingerprint density at radius 3 is 2.72 bits per heavy atom. The maximum atomic E-state index is 14.7. The van der Waals surface area contributed by atoms with E-state index in [1.165, 1.54) is 31.3 Å². The molecule has 0 aromatic heterocycles. The molecule has 0 saturated heterocycles. The van der Waals surface area contributed by atoms with E-state index in [-0.39, 0.29) is 16.5 Å². The lowest BCUT2D eigenvalue weighted by atomic mass is 9.77. The van der Waals surface area contributed by atoms with E-state index in [1.807, 2.05) is 0 Å². The Morgan fingerprint density at radius 1 is 1.28 bits per heavy atom. The van der Waals surface area contributed by atoms with Gasteiger partial charge in [0.25, 0.3) is 0 Å². The molecule has 2 N–H and O–H groups in total. The van der Waals surface area contributed by atoms with Gasteiger partial charge in [0.05, 0.1) is 7.11 Å². The Hall–Kier alpha value is -2.56. The highest BCUT2D eigenvalue weighted by molar-refractivity contribution is 8.15. The molecule has 0 radical (unpaired) electrons. The molecular weight excluding hydrogens is 441 g/mol. The predicted molar refractivity (Wildman–Crippen MR) is 116 cm³/mol. The molecule has 1 spiro atoms. The number of hydroxylamine groups is 2. The van der Waals surface area contributed by atoms with Crippen LogP contribution in [0.3, 0.4) is 0 Å². The number of carbonyl (C=O) groups excluding carboxylic acids is 1. The Labute approximate surface area is 188 Å². The maximum absolute atomic E-state index is 14.7. The predicted octanol–water partition coefficient (Wildman–Crippen LogP) is 4.19. The first-order chi connectivity index (χ1) is 15.3. The zero-order chi connectivity index (χ0) is 23.0. The number of urea groups is 1. The average molecular weight is 465 g/mol. The second-order valence-electron chi connectivity index (χ2n) is 7.72. The van der Waals surface area contributed by atoms with Crippen LogP contribution in [-0.4, -0.2) is 41.8 Å². The Kier molecular flexibility index (Phi) is 6.19. The normalized spacial score (nSPS) is 22.1. The second-order valence-corrected chi connectivity index (χ2v) is 8.93. The molecule has 4 rings (SSSR count). The van der Waals surface area contributed by atoms with Crippen molar-refractivity contribution in [3.8, 4) is 0 Å². The number of rotatable bonds is 4. The highest BCUT2D eigenvalue weighted by Crippen LogP contribution is 2.57. The van der Waals surface area contributed by atoms with E-state index >= 15 is 0 Å². The van der Waals surface area contributed by atoms with Crippen molar-refractivity contribution in [1.29, 1.82) is 0 Å². The highest BCUT2D eigenvalue weighted by Gasteiger charge is 2.56. The largest absolute Gasteiger partial charge is 0.365 e. The van der Waals surface area contributed by atoms with E-state index in [0.717, 1.165) is 40.6 Å². The first-order valence-corrected chi connectivity index (χ1v) is 11.0. The van der Waals surface area contributed by atoms with Crippen LogP contribution in [0.15, 0.2) is 41.5 Å². The smallest absolute Gasteiger partial charge is 0.330 e. The number of halogens is 3. The lowest BCUT2D eigenvalue weighted by molar-refractivity contribution is -0.0832. The number of fused-ring (bicyclic) bond motifs is 2. The van der Waals surface area contributed by atoms with Crippen molar-refractivity contribution < 1.29 is 22.8 Å². The average Bonchev–Trinajstić information content (AvgIpc) is 3.17. The minimum Gasteiger partial charge on any atom is -0.330 e. The molecule has 1 heterocycles. The van der Waals surface area contributed by atoms with Crippen LogP contribution in [0.1, 0.15) is 29.5 Å². The van der Waals surface area contributed by atoms with Crippen LogP contribution >= 0.6 is 11.8 Å². The molecule has 2 aliphatic rings. The third kappa shape index (κ3) is 3.66. The summed E-state index contributed by atoms with van der Waals surface area (Å²) >= 11 is 1.12. The summed E-state index contributed by atoms with van der Waals surface area (Å²) in [6.07, 6.45) is 1.87. The summed E-state index contributed by atoms with van der Waals surface area (Å²) in [5.74, 6) is -1.98. The van der Waals surface area contributed by atoms with Gasteiger partial charge in [0, 0.05) is 12.6 Å². The van der Waals surface area contributed by atoms with Gasteiger partial charge < -0.3 is 5.73 Å². The van der Waals surface area contributed by atoms with Gasteiger partial charge in [-0.2, -0.15) is 10.1 Å². The molecular formula is C22H23F3N4O2S. The topological polar surface area (TPSA) is 71.2 Å². The van der Waals surface area contributed by atoms with Crippen molar-refractivity contribution in [2.24, 2.45) is 16.8 Å². The highest BCUT2D eigenvalue weighted by atomic mass is 32.2. The number of aryl methyl sites for hydroxylation is 1. The van der Waals surface area contributed by atoms with Gasteiger partial charge >= 0.3 is 6.03 Å². The number of hydrogen-bond acceptors (Lipinski definition) is 5. The van der Waals surface area contributed by atoms with Crippen molar-refractivity contribution in [2.45, 2.75) is 24.1 Å². The summed E-state index contributed by atoms with van der Waals surface area (Å²) in [7, 11) is 2.75. The number of amides is 2. The molecule has 10 heteroatoms. The summed E-state index contributed by atoms with van der Waals surface area (Å²) in [4.78, 5) is 17.2. The van der Waals surface area contributed by atoms with Crippen LogP contribution in [0.5, 0.6) is 0 Å². The number of benzene rings is 2. The fraction of sp³-hybridized carbons (Fsp3) is 0.364. The molecule has 0 bridgehead atoms. The van der Waals surface area contributed by atoms with E-state index in [9.17, 15) is 18.0 Å². The van der Waals surface area contributed by atoms with Crippen LogP contribution in [0.4, 0.5) is 18.0 Å². The molecule has 2 aromatic carbocycles. The molecule has 0 saturated carbocycles. The van der Waals surface area contributed by atoms with Gasteiger partial charge in [-0.25, -0.2) is 23.0 Å². The minimum atomic E-state index is -1.19. The Bertz CT molecular complexity index is 1080. The molecule has 2 aromatic rings. The summed E-state index contributed by atoms with van der Waals surface area (Å²) in [5, 5.41) is 6.76. The Morgan fingerprint density at radius 2 is 2.00 bits per heavy atom. The van der Waals surface area contributed by atoms with Crippen LogP contribution in [-0.2, 0) is 16.1 Å². The van der Waals surface area contributed by atoms with E-state index < -0.39 is 28.4 Å². The van der Waals surface area contributed by atoms with Gasteiger partial charge in [-0.1, -0.05) is 17.8 Å². The number of hydrogen-bond donors (Lipinski definition) is 1. The molecule has 0 unspecified atom stereocenters. The molecule has 32 heavy (non-hydrogen) atoms. The first-order valence-electron chi connectivity index (χ1n) is 10.2. The molecule has 0 fully saturated rings. The molecule has 170 valence electrons. The van der Waals surface area contributed by atoms with Crippen LogP contribution < -0.4 is 5.73 Å². The summed E-state index contributed by atoms with van der Waals surface area (Å²) in [6, 6.07) is 6.89. The van der Waals surface area contributed by atoms with Gasteiger partial charge in [-0.05, 0) is 73.2 Å². The van der Waals surface area contributed by atoms with E-state index in [1.54, 1.807) is 6.07 Å².